The Kier molecular flexibility index (Phi) is 2.86. The summed E-state index contributed by atoms with van der Waals surface area (Å²) in [7, 11) is 0. The molecule has 19 heavy (non-hydrogen) atoms. The molecule has 1 aliphatic rings. The molecule has 0 radical (unpaired) electrons. The average Bonchev–Trinajstić information content (AvgIpc) is 3.16. The summed E-state index contributed by atoms with van der Waals surface area (Å²) in [5, 5.41) is 17.6. The largest absolute Gasteiger partial charge is 0.376 e. The molecule has 0 aliphatic heterocycles. The van der Waals surface area contributed by atoms with Gasteiger partial charge in [-0.2, -0.15) is 4.98 Å². The summed E-state index contributed by atoms with van der Waals surface area (Å²) in [5.41, 5.74) is 0.703. The Morgan fingerprint density at radius 1 is 1.47 bits per heavy atom. The van der Waals surface area contributed by atoms with Gasteiger partial charge in [0.2, 0.25) is 5.89 Å². The van der Waals surface area contributed by atoms with Crippen molar-refractivity contribution in [3.63, 3.8) is 0 Å². The second-order valence-electron chi connectivity index (χ2n) is 4.48. The van der Waals surface area contributed by atoms with Crippen LogP contribution in [0.2, 0.25) is 0 Å². The van der Waals surface area contributed by atoms with Gasteiger partial charge in [0, 0.05) is 23.7 Å². The van der Waals surface area contributed by atoms with Crippen molar-refractivity contribution < 1.29 is 9.45 Å². The second kappa shape index (κ2) is 4.68. The van der Waals surface area contributed by atoms with Crippen LogP contribution in [0.15, 0.2) is 28.8 Å². The van der Waals surface area contributed by atoms with Crippen molar-refractivity contribution in [3.05, 3.63) is 46.1 Å². The number of non-ortho nitro benzene ring substituents is 1. The van der Waals surface area contributed by atoms with Crippen LogP contribution in [-0.4, -0.2) is 15.1 Å². The summed E-state index contributed by atoms with van der Waals surface area (Å²) in [5.74, 6) is 1.71. The number of nitro groups is 1. The number of nitrogens with zero attached hydrogens (tertiary/aromatic N) is 3. The standard InChI is InChI=1S/C12H12N4O3/c17-16(18)10-3-1-2-9(6-10)13-7-11-14-12(15-19-11)8-4-5-8/h1-3,6,8,13H,4-5,7H2. The summed E-state index contributed by atoms with van der Waals surface area (Å²) in [4.78, 5) is 14.5. The smallest absolute Gasteiger partial charge is 0.271 e. The van der Waals surface area contributed by atoms with Gasteiger partial charge in [-0.1, -0.05) is 11.2 Å². The normalized spacial score (nSPS) is 14.3. The van der Waals surface area contributed by atoms with E-state index in [4.69, 9.17) is 4.52 Å². The van der Waals surface area contributed by atoms with Gasteiger partial charge in [0.05, 0.1) is 11.5 Å². The lowest BCUT2D eigenvalue weighted by molar-refractivity contribution is -0.384. The van der Waals surface area contributed by atoms with Crippen LogP contribution in [-0.2, 0) is 6.54 Å². The van der Waals surface area contributed by atoms with E-state index in [9.17, 15) is 10.1 Å². The van der Waals surface area contributed by atoms with Crippen molar-refractivity contribution in [2.24, 2.45) is 0 Å². The molecule has 1 fully saturated rings. The fourth-order valence-corrected chi connectivity index (χ4v) is 1.75. The molecule has 1 saturated carbocycles. The lowest BCUT2D eigenvalue weighted by Crippen LogP contribution is -2.00. The molecule has 0 atom stereocenters. The third-order valence-electron chi connectivity index (χ3n) is 2.93. The second-order valence-corrected chi connectivity index (χ2v) is 4.48. The summed E-state index contributed by atoms with van der Waals surface area (Å²) in [6.07, 6.45) is 2.24. The van der Waals surface area contributed by atoms with E-state index >= 15 is 0 Å². The van der Waals surface area contributed by atoms with E-state index in [2.05, 4.69) is 15.5 Å². The number of benzene rings is 1. The minimum absolute atomic E-state index is 0.0502. The molecule has 0 spiro atoms. The molecular weight excluding hydrogens is 248 g/mol. The summed E-state index contributed by atoms with van der Waals surface area (Å²) in [6, 6.07) is 6.30. The third kappa shape index (κ3) is 2.70. The highest BCUT2D eigenvalue weighted by Crippen LogP contribution is 2.38. The van der Waals surface area contributed by atoms with E-state index in [1.165, 1.54) is 12.1 Å². The van der Waals surface area contributed by atoms with Gasteiger partial charge in [0.25, 0.3) is 5.69 Å². The molecule has 1 aromatic heterocycles. The maximum Gasteiger partial charge on any atom is 0.271 e. The van der Waals surface area contributed by atoms with Gasteiger partial charge in [0.15, 0.2) is 5.82 Å². The first-order valence-corrected chi connectivity index (χ1v) is 6.03. The highest BCUT2D eigenvalue weighted by Gasteiger charge is 2.28. The number of anilines is 1. The Balaban J connectivity index is 1.64. The van der Waals surface area contributed by atoms with Crippen LogP contribution >= 0.6 is 0 Å². The lowest BCUT2D eigenvalue weighted by atomic mass is 10.3. The van der Waals surface area contributed by atoms with E-state index in [1.54, 1.807) is 12.1 Å². The van der Waals surface area contributed by atoms with Gasteiger partial charge < -0.3 is 9.84 Å². The van der Waals surface area contributed by atoms with Crippen LogP contribution in [0.25, 0.3) is 0 Å². The van der Waals surface area contributed by atoms with E-state index in [-0.39, 0.29) is 5.69 Å². The van der Waals surface area contributed by atoms with Crippen LogP contribution in [0.1, 0.15) is 30.5 Å². The molecule has 7 nitrogen and oxygen atoms in total. The van der Waals surface area contributed by atoms with Crippen molar-refractivity contribution in [1.29, 1.82) is 0 Å². The molecule has 1 N–H and O–H groups in total. The first-order chi connectivity index (χ1) is 9.22. The average molecular weight is 260 g/mol. The van der Waals surface area contributed by atoms with Crippen LogP contribution in [0.5, 0.6) is 0 Å². The molecule has 98 valence electrons. The summed E-state index contributed by atoms with van der Waals surface area (Å²) in [6.45, 7) is 0.362. The Bertz CT molecular complexity index is 607. The van der Waals surface area contributed by atoms with Crippen LogP contribution in [0, 0.1) is 10.1 Å². The number of hydrogen-bond acceptors (Lipinski definition) is 6. The molecule has 1 heterocycles. The SMILES string of the molecule is O=[N+]([O-])c1cccc(NCc2nc(C3CC3)no2)c1. The first-order valence-electron chi connectivity index (χ1n) is 6.03. The van der Waals surface area contributed by atoms with Gasteiger partial charge in [-0.25, -0.2) is 0 Å². The molecule has 0 amide bonds. The molecule has 2 aromatic rings. The van der Waals surface area contributed by atoms with Crippen LogP contribution in [0.3, 0.4) is 0 Å². The van der Waals surface area contributed by atoms with Crippen LogP contribution in [0.4, 0.5) is 11.4 Å². The fourth-order valence-electron chi connectivity index (χ4n) is 1.75. The minimum atomic E-state index is -0.428. The van der Waals surface area contributed by atoms with Gasteiger partial charge in [-0.05, 0) is 18.9 Å². The summed E-state index contributed by atoms with van der Waals surface area (Å²) >= 11 is 0. The molecule has 0 saturated heterocycles. The zero-order chi connectivity index (χ0) is 13.2. The van der Waals surface area contributed by atoms with Crippen molar-refractivity contribution in [2.45, 2.75) is 25.3 Å². The molecule has 7 heteroatoms. The van der Waals surface area contributed by atoms with Crippen molar-refractivity contribution in [3.8, 4) is 0 Å². The Hall–Kier alpha value is -2.44. The molecule has 1 aromatic carbocycles. The Labute approximate surface area is 108 Å². The molecular formula is C12H12N4O3. The minimum Gasteiger partial charge on any atom is -0.376 e. The predicted octanol–water partition coefficient (Wildman–Crippen LogP) is 2.47. The highest BCUT2D eigenvalue weighted by atomic mass is 16.6. The number of nitro benzene ring substituents is 1. The lowest BCUT2D eigenvalue weighted by Gasteiger charge is -2.02. The highest BCUT2D eigenvalue weighted by molar-refractivity contribution is 5.50. The van der Waals surface area contributed by atoms with Gasteiger partial charge in [0.1, 0.15) is 0 Å². The van der Waals surface area contributed by atoms with E-state index in [0.29, 0.717) is 24.0 Å². The number of hydrogen-bond donors (Lipinski definition) is 1. The number of nitrogens with one attached hydrogen (secondary N) is 1. The van der Waals surface area contributed by atoms with E-state index < -0.39 is 4.92 Å². The quantitative estimate of drug-likeness (QED) is 0.655. The maximum absolute atomic E-state index is 10.6. The van der Waals surface area contributed by atoms with Crippen molar-refractivity contribution in [1.82, 2.24) is 10.1 Å². The molecule has 0 unspecified atom stereocenters. The molecule has 3 rings (SSSR count). The van der Waals surface area contributed by atoms with Crippen molar-refractivity contribution >= 4 is 11.4 Å². The van der Waals surface area contributed by atoms with Gasteiger partial charge in [-0.3, -0.25) is 10.1 Å². The topological polar surface area (TPSA) is 94.1 Å². The third-order valence-corrected chi connectivity index (χ3v) is 2.93. The van der Waals surface area contributed by atoms with E-state index in [1.807, 2.05) is 0 Å². The molecule has 0 bridgehead atoms. The van der Waals surface area contributed by atoms with Gasteiger partial charge >= 0.3 is 0 Å². The zero-order valence-corrected chi connectivity index (χ0v) is 10.1. The van der Waals surface area contributed by atoms with Crippen LogP contribution < -0.4 is 5.32 Å². The van der Waals surface area contributed by atoms with Crippen molar-refractivity contribution in [2.75, 3.05) is 5.32 Å². The van der Waals surface area contributed by atoms with Gasteiger partial charge in [-0.15, -0.1) is 0 Å². The monoisotopic (exact) mass is 260 g/mol. The fraction of sp³-hybridized carbons (Fsp3) is 0.333. The summed E-state index contributed by atoms with van der Waals surface area (Å²) < 4.78 is 5.11. The number of rotatable bonds is 5. The van der Waals surface area contributed by atoms with E-state index in [0.717, 1.165) is 18.7 Å². The maximum atomic E-state index is 10.6. The Morgan fingerprint density at radius 3 is 3.05 bits per heavy atom. The zero-order valence-electron chi connectivity index (χ0n) is 10.1. The number of aromatic nitrogens is 2. The Morgan fingerprint density at radius 2 is 2.32 bits per heavy atom. The molecule has 1 aliphatic carbocycles. The predicted molar refractivity (Wildman–Crippen MR) is 66.7 cm³/mol. The first kappa shape index (κ1) is 11.6.